The molecule has 30 heavy (non-hydrogen) atoms. The Bertz CT molecular complexity index is 1220. The van der Waals surface area contributed by atoms with Crippen LogP contribution in [0.4, 0.5) is 11.5 Å². The maximum Gasteiger partial charge on any atom is 0.143 e. The SMILES string of the molecule is COc1ccc(OC)c(Nc2ncnc3scc(-c4ccc5c(c4)CCCC5)c23)c1. The van der Waals surface area contributed by atoms with Crippen molar-refractivity contribution in [3.05, 3.63) is 59.2 Å². The second-order valence-electron chi connectivity index (χ2n) is 7.43. The van der Waals surface area contributed by atoms with Gasteiger partial charge in [0.25, 0.3) is 0 Å². The maximum atomic E-state index is 5.53. The molecule has 5 rings (SSSR count). The van der Waals surface area contributed by atoms with E-state index < -0.39 is 0 Å². The zero-order chi connectivity index (χ0) is 20.5. The zero-order valence-electron chi connectivity index (χ0n) is 17.1. The highest BCUT2D eigenvalue weighted by Crippen LogP contribution is 2.40. The standard InChI is InChI=1S/C24H23N3O2S/c1-28-18-9-10-21(29-2)20(12-18)27-23-22-19(13-30-24(22)26-14-25-23)17-8-7-15-5-3-4-6-16(15)11-17/h7-14H,3-6H2,1-2H3,(H,25,26,27). The smallest absolute Gasteiger partial charge is 0.143 e. The second kappa shape index (κ2) is 7.95. The zero-order valence-corrected chi connectivity index (χ0v) is 17.9. The van der Waals surface area contributed by atoms with Gasteiger partial charge in [-0.15, -0.1) is 11.3 Å². The van der Waals surface area contributed by atoms with Crippen molar-refractivity contribution < 1.29 is 9.47 Å². The van der Waals surface area contributed by atoms with E-state index >= 15 is 0 Å². The first kappa shape index (κ1) is 18.9. The van der Waals surface area contributed by atoms with Crippen molar-refractivity contribution in [1.82, 2.24) is 9.97 Å². The van der Waals surface area contributed by atoms with E-state index in [4.69, 9.17) is 9.47 Å². The molecule has 0 unspecified atom stereocenters. The van der Waals surface area contributed by atoms with Crippen LogP contribution in [-0.2, 0) is 12.8 Å². The molecule has 0 atom stereocenters. The Hall–Kier alpha value is -3.12. The Kier molecular flexibility index (Phi) is 5.01. The van der Waals surface area contributed by atoms with E-state index in [1.807, 2.05) is 18.2 Å². The molecule has 0 saturated carbocycles. The van der Waals surface area contributed by atoms with Gasteiger partial charge >= 0.3 is 0 Å². The molecule has 6 heteroatoms. The molecule has 0 amide bonds. The number of nitrogens with one attached hydrogen (secondary N) is 1. The van der Waals surface area contributed by atoms with Crippen LogP contribution in [0.25, 0.3) is 21.3 Å². The summed E-state index contributed by atoms with van der Waals surface area (Å²) in [6.07, 6.45) is 6.51. The van der Waals surface area contributed by atoms with Crippen LogP contribution >= 0.6 is 11.3 Å². The molecule has 2 aromatic heterocycles. The summed E-state index contributed by atoms with van der Waals surface area (Å²) in [5.41, 5.74) is 6.14. The van der Waals surface area contributed by atoms with Gasteiger partial charge in [-0.1, -0.05) is 18.2 Å². The predicted octanol–water partition coefficient (Wildman–Crippen LogP) is 6.00. The number of nitrogens with zero attached hydrogens (tertiary/aromatic N) is 2. The number of hydrogen-bond acceptors (Lipinski definition) is 6. The summed E-state index contributed by atoms with van der Waals surface area (Å²) in [4.78, 5) is 10.0. The molecule has 1 aliphatic carbocycles. The van der Waals surface area contributed by atoms with Crippen LogP contribution in [-0.4, -0.2) is 24.2 Å². The van der Waals surface area contributed by atoms with Crippen LogP contribution in [0.2, 0.25) is 0 Å². The van der Waals surface area contributed by atoms with Crippen molar-refractivity contribution in [1.29, 1.82) is 0 Å². The van der Waals surface area contributed by atoms with Gasteiger partial charge in [-0.25, -0.2) is 9.97 Å². The van der Waals surface area contributed by atoms with Gasteiger partial charge in [0.2, 0.25) is 0 Å². The van der Waals surface area contributed by atoms with E-state index in [1.54, 1.807) is 31.9 Å². The lowest BCUT2D eigenvalue weighted by atomic mass is 9.89. The molecule has 0 saturated heterocycles. The summed E-state index contributed by atoms with van der Waals surface area (Å²) in [7, 11) is 3.31. The molecule has 1 N–H and O–H groups in total. The van der Waals surface area contributed by atoms with Crippen molar-refractivity contribution in [3.63, 3.8) is 0 Å². The van der Waals surface area contributed by atoms with Crippen LogP contribution in [0.5, 0.6) is 11.5 Å². The van der Waals surface area contributed by atoms with E-state index in [0.29, 0.717) is 0 Å². The predicted molar refractivity (Wildman–Crippen MR) is 122 cm³/mol. The number of aromatic nitrogens is 2. The fraction of sp³-hybridized carbons (Fsp3) is 0.250. The summed E-state index contributed by atoms with van der Waals surface area (Å²) in [6.45, 7) is 0. The molecule has 5 nitrogen and oxygen atoms in total. The van der Waals surface area contributed by atoms with Crippen molar-refractivity contribution in [3.8, 4) is 22.6 Å². The van der Waals surface area contributed by atoms with Crippen molar-refractivity contribution in [2.75, 3.05) is 19.5 Å². The number of methoxy groups -OCH3 is 2. The Labute approximate surface area is 179 Å². The fourth-order valence-electron chi connectivity index (χ4n) is 4.12. The third-order valence-electron chi connectivity index (χ3n) is 5.69. The molecule has 1 aliphatic rings. The number of thiophene rings is 1. The molecule has 152 valence electrons. The highest BCUT2D eigenvalue weighted by molar-refractivity contribution is 7.17. The normalized spacial score (nSPS) is 13.1. The van der Waals surface area contributed by atoms with Gasteiger partial charge in [-0.3, -0.25) is 0 Å². The second-order valence-corrected chi connectivity index (χ2v) is 8.29. The number of aryl methyl sites for hydroxylation is 2. The van der Waals surface area contributed by atoms with E-state index in [9.17, 15) is 0 Å². The van der Waals surface area contributed by atoms with Gasteiger partial charge in [-0.2, -0.15) is 0 Å². The van der Waals surface area contributed by atoms with Gasteiger partial charge in [-0.05, 0) is 54.5 Å². The van der Waals surface area contributed by atoms with E-state index in [-0.39, 0.29) is 0 Å². The minimum Gasteiger partial charge on any atom is -0.497 e. The first-order valence-electron chi connectivity index (χ1n) is 10.1. The number of benzene rings is 2. The molecular formula is C24H23N3O2S. The third kappa shape index (κ3) is 3.37. The first-order chi connectivity index (χ1) is 14.8. The monoisotopic (exact) mass is 417 g/mol. The average molecular weight is 418 g/mol. The largest absolute Gasteiger partial charge is 0.497 e. The molecule has 0 fully saturated rings. The van der Waals surface area contributed by atoms with E-state index in [2.05, 4.69) is 38.9 Å². The van der Waals surface area contributed by atoms with Crippen molar-refractivity contribution >= 4 is 33.1 Å². The van der Waals surface area contributed by atoms with Gasteiger partial charge in [0, 0.05) is 17.0 Å². The lowest BCUT2D eigenvalue weighted by molar-refractivity contribution is 0.405. The van der Waals surface area contributed by atoms with Crippen molar-refractivity contribution in [2.24, 2.45) is 0 Å². The number of ether oxygens (including phenoxy) is 2. The molecule has 2 aromatic carbocycles. The van der Waals surface area contributed by atoms with Gasteiger partial charge in [0.15, 0.2) is 0 Å². The topological polar surface area (TPSA) is 56.3 Å². The van der Waals surface area contributed by atoms with Crippen LogP contribution in [0.15, 0.2) is 48.1 Å². The minimum absolute atomic E-state index is 0.730. The van der Waals surface area contributed by atoms with E-state index in [0.717, 1.165) is 45.2 Å². The first-order valence-corrected chi connectivity index (χ1v) is 11.0. The lowest BCUT2D eigenvalue weighted by Crippen LogP contribution is -2.02. The highest BCUT2D eigenvalue weighted by Gasteiger charge is 2.17. The molecule has 2 heterocycles. The van der Waals surface area contributed by atoms with Crippen LogP contribution < -0.4 is 14.8 Å². The van der Waals surface area contributed by atoms with Crippen LogP contribution in [0.1, 0.15) is 24.0 Å². The quantitative estimate of drug-likeness (QED) is 0.432. The highest BCUT2D eigenvalue weighted by atomic mass is 32.1. The number of anilines is 2. The molecule has 0 radical (unpaired) electrons. The summed E-state index contributed by atoms with van der Waals surface area (Å²) >= 11 is 1.64. The molecule has 0 aliphatic heterocycles. The minimum atomic E-state index is 0.730. The Morgan fingerprint density at radius 1 is 0.933 bits per heavy atom. The van der Waals surface area contributed by atoms with Gasteiger partial charge < -0.3 is 14.8 Å². The van der Waals surface area contributed by atoms with Gasteiger partial charge in [0.05, 0.1) is 25.3 Å². The fourth-order valence-corrected chi connectivity index (χ4v) is 5.04. The molecular weight excluding hydrogens is 394 g/mol. The number of rotatable bonds is 5. The van der Waals surface area contributed by atoms with E-state index in [1.165, 1.54) is 36.0 Å². The summed E-state index contributed by atoms with van der Waals surface area (Å²) in [5.74, 6) is 2.25. The molecule has 4 aromatic rings. The summed E-state index contributed by atoms with van der Waals surface area (Å²) in [6, 6.07) is 12.5. The van der Waals surface area contributed by atoms with Crippen molar-refractivity contribution in [2.45, 2.75) is 25.7 Å². The summed E-state index contributed by atoms with van der Waals surface area (Å²) < 4.78 is 10.9. The average Bonchev–Trinajstić information content (AvgIpc) is 3.24. The maximum absolute atomic E-state index is 5.53. The number of fused-ring (bicyclic) bond motifs is 2. The summed E-state index contributed by atoms with van der Waals surface area (Å²) in [5, 5.41) is 6.66. The molecule has 0 bridgehead atoms. The van der Waals surface area contributed by atoms with Crippen LogP contribution in [0, 0.1) is 0 Å². The van der Waals surface area contributed by atoms with Crippen LogP contribution in [0.3, 0.4) is 0 Å². The van der Waals surface area contributed by atoms with Gasteiger partial charge in [0.1, 0.15) is 28.5 Å². The Balaban J connectivity index is 1.61. The Morgan fingerprint density at radius 3 is 2.63 bits per heavy atom. The molecule has 0 spiro atoms. The third-order valence-corrected chi connectivity index (χ3v) is 6.58. The number of hydrogen-bond donors (Lipinski definition) is 1. The Morgan fingerprint density at radius 2 is 1.80 bits per heavy atom. The lowest BCUT2D eigenvalue weighted by Gasteiger charge is -2.17.